The maximum atomic E-state index is 12.0. The van der Waals surface area contributed by atoms with E-state index in [4.69, 9.17) is 4.98 Å². The van der Waals surface area contributed by atoms with Gasteiger partial charge in [0.2, 0.25) is 5.56 Å². The van der Waals surface area contributed by atoms with Gasteiger partial charge in [0, 0.05) is 99.4 Å². The first-order chi connectivity index (χ1) is 19.0. The second-order valence-electron chi connectivity index (χ2n) is 11.8. The minimum Gasteiger partial charge on any atom is -0.368 e. The van der Waals surface area contributed by atoms with Gasteiger partial charge in [-0.2, -0.15) is 5.26 Å². The molecule has 4 unspecified atom stereocenters. The molecule has 4 aliphatic heterocycles. The summed E-state index contributed by atoms with van der Waals surface area (Å²) in [7, 11) is 0. The molecule has 2 N–H and O–H groups in total. The number of fused-ring (bicyclic) bond motifs is 4. The molecule has 4 aliphatic rings. The SMILES string of the molecule is Cc1nc(N2CC3CC2CN3)ccc1CN1CCN2C(C)CN(c3ccc(C#N)c4[nH]c(=O)ccc34)CC2C1. The standard InChI is InChI=1S/C30H36N8O/c1-19-14-36(27-6-3-21(12-31)30-26(27)5-8-29(39)34-30)18-25-17-35(9-10-37(19)25)15-22-4-7-28(33-20(22)2)38-16-23-11-24(38)13-32-23/h3-8,19,23-25,32H,9-11,13-18H2,1-2H3,(H,34,39). The van der Waals surface area contributed by atoms with E-state index in [9.17, 15) is 10.1 Å². The van der Waals surface area contributed by atoms with E-state index in [1.807, 2.05) is 18.2 Å². The molecule has 6 heterocycles. The quantitative estimate of drug-likeness (QED) is 0.536. The summed E-state index contributed by atoms with van der Waals surface area (Å²) in [4.78, 5) is 30.1. The molecule has 202 valence electrons. The number of aromatic nitrogens is 2. The summed E-state index contributed by atoms with van der Waals surface area (Å²) >= 11 is 0. The van der Waals surface area contributed by atoms with Crippen LogP contribution in [0.4, 0.5) is 11.5 Å². The van der Waals surface area contributed by atoms with Crippen LogP contribution < -0.4 is 20.7 Å². The molecule has 2 bridgehead atoms. The van der Waals surface area contributed by atoms with Crippen LogP contribution in [0.25, 0.3) is 10.9 Å². The van der Waals surface area contributed by atoms with Gasteiger partial charge in [-0.05, 0) is 50.1 Å². The lowest BCUT2D eigenvalue weighted by Crippen LogP contribution is -2.65. The van der Waals surface area contributed by atoms with Gasteiger partial charge < -0.3 is 20.1 Å². The molecule has 4 saturated heterocycles. The van der Waals surface area contributed by atoms with E-state index in [0.717, 1.165) is 74.9 Å². The first-order valence-electron chi connectivity index (χ1n) is 14.2. The minimum atomic E-state index is -0.181. The highest BCUT2D eigenvalue weighted by Gasteiger charge is 2.39. The van der Waals surface area contributed by atoms with E-state index in [1.165, 1.54) is 12.0 Å². The van der Waals surface area contributed by atoms with Crippen molar-refractivity contribution in [1.29, 1.82) is 5.26 Å². The summed E-state index contributed by atoms with van der Waals surface area (Å²) in [5.74, 6) is 1.13. The van der Waals surface area contributed by atoms with Gasteiger partial charge in [0.15, 0.2) is 0 Å². The van der Waals surface area contributed by atoms with Crippen molar-refractivity contribution in [1.82, 2.24) is 25.1 Å². The van der Waals surface area contributed by atoms with Gasteiger partial charge in [-0.1, -0.05) is 6.07 Å². The monoisotopic (exact) mass is 524 g/mol. The second kappa shape index (κ2) is 9.63. The van der Waals surface area contributed by atoms with Crippen LogP contribution in [0.5, 0.6) is 0 Å². The first-order valence-corrected chi connectivity index (χ1v) is 14.2. The first kappa shape index (κ1) is 24.6. The van der Waals surface area contributed by atoms with Gasteiger partial charge in [0.25, 0.3) is 0 Å². The molecule has 39 heavy (non-hydrogen) atoms. The van der Waals surface area contributed by atoms with Crippen LogP contribution in [0.1, 0.15) is 30.2 Å². The Balaban J connectivity index is 1.08. The average molecular weight is 525 g/mol. The fourth-order valence-electron chi connectivity index (χ4n) is 7.36. The van der Waals surface area contributed by atoms with Crippen LogP contribution in [0.15, 0.2) is 41.2 Å². The van der Waals surface area contributed by atoms with E-state index >= 15 is 0 Å². The van der Waals surface area contributed by atoms with Crippen LogP contribution in [0.3, 0.4) is 0 Å². The van der Waals surface area contributed by atoms with Crippen molar-refractivity contribution in [3.05, 3.63) is 63.6 Å². The maximum absolute atomic E-state index is 12.0. The van der Waals surface area contributed by atoms with Gasteiger partial charge in [-0.3, -0.25) is 14.6 Å². The van der Waals surface area contributed by atoms with Crippen molar-refractivity contribution in [2.75, 3.05) is 55.6 Å². The Morgan fingerprint density at radius 2 is 1.95 bits per heavy atom. The molecule has 3 aromatic rings. The number of aromatic amines is 1. The van der Waals surface area contributed by atoms with Crippen molar-refractivity contribution in [3.8, 4) is 6.07 Å². The Hall–Kier alpha value is -3.45. The molecule has 9 heteroatoms. The molecule has 4 atom stereocenters. The summed E-state index contributed by atoms with van der Waals surface area (Å²) in [5.41, 5.74) is 4.50. The number of nitrogens with zero attached hydrogens (tertiary/aromatic N) is 6. The lowest BCUT2D eigenvalue weighted by molar-refractivity contribution is 0.0316. The zero-order valence-electron chi connectivity index (χ0n) is 22.7. The molecule has 0 saturated carbocycles. The Kier molecular flexibility index (Phi) is 6.07. The third-order valence-electron chi connectivity index (χ3n) is 9.35. The molecule has 0 spiro atoms. The molecule has 2 aromatic heterocycles. The Bertz CT molecular complexity index is 1510. The normalized spacial score (nSPS) is 27.2. The van der Waals surface area contributed by atoms with Crippen LogP contribution in [-0.4, -0.2) is 89.7 Å². The number of hydrogen-bond donors (Lipinski definition) is 2. The van der Waals surface area contributed by atoms with Crippen molar-refractivity contribution < 1.29 is 0 Å². The predicted molar refractivity (Wildman–Crippen MR) is 153 cm³/mol. The number of piperazine rings is 3. The zero-order valence-corrected chi connectivity index (χ0v) is 22.7. The number of aryl methyl sites for hydroxylation is 1. The smallest absolute Gasteiger partial charge is 0.248 e. The number of H-pyrrole nitrogens is 1. The topological polar surface area (TPSA) is 94.5 Å². The fourth-order valence-corrected chi connectivity index (χ4v) is 7.36. The van der Waals surface area contributed by atoms with Crippen LogP contribution >= 0.6 is 0 Å². The summed E-state index contributed by atoms with van der Waals surface area (Å²) in [6.45, 7) is 12.5. The Morgan fingerprint density at radius 3 is 2.72 bits per heavy atom. The number of rotatable bonds is 4. The lowest BCUT2D eigenvalue weighted by Gasteiger charge is -2.51. The number of hydrogen-bond acceptors (Lipinski definition) is 8. The van der Waals surface area contributed by atoms with E-state index in [-0.39, 0.29) is 5.56 Å². The second-order valence-corrected chi connectivity index (χ2v) is 11.8. The largest absolute Gasteiger partial charge is 0.368 e. The van der Waals surface area contributed by atoms with Gasteiger partial charge >= 0.3 is 0 Å². The molecule has 7 rings (SSSR count). The van der Waals surface area contributed by atoms with E-state index < -0.39 is 0 Å². The molecule has 0 aliphatic carbocycles. The van der Waals surface area contributed by atoms with Gasteiger partial charge in [-0.25, -0.2) is 4.98 Å². The van der Waals surface area contributed by atoms with Crippen molar-refractivity contribution in [3.63, 3.8) is 0 Å². The third kappa shape index (κ3) is 4.37. The third-order valence-corrected chi connectivity index (χ3v) is 9.35. The van der Waals surface area contributed by atoms with Gasteiger partial charge in [0.05, 0.1) is 11.1 Å². The molecule has 9 nitrogen and oxygen atoms in total. The predicted octanol–water partition coefficient (Wildman–Crippen LogP) is 2.05. The maximum Gasteiger partial charge on any atom is 0.248 e. The van der Waals surface area contributed by atoms with Crippen molar-refractivity contribution in [2.45, 2.75) is 51.0 Å². The van der Waals surface area contributed by atoms with E-state index in [0.29, 0.717) is 35.2 Å². The number of pyridine rings is 2. The number of nitriles is 1. The van der Waals surface area contributed by atoms with Crippen LogP contribution in [0.2, 0.25) is 0 Å². The highest BCUT2D eigenvalue weighted by molar-refractivity contribution is 5.95. The Labute approximate surface area is 229 Å². The Morgan fingerprint density at radius 1 is 1.05 bits per heavy atom. The number of benzene rings is 1. The average Bonchev–Trinajstić information content (AvgIpc) is 3.57. The van der Waals surface area contributed by atoms with Gasteiger partial charge in [0.1, 0.15) is 11.9 Å². The number of nitrogens with one attached hydrogen (secondary N) is 2. The van der Waals surface area contributed by atoms with Crippen molar-refractivity contribution in [2.24, 2.45) is 0 Å². The summed E-state index contributed by atoms with van der Waals surface area (Å²) < 4.78 is 0. The van der Waals surface area contributed by atoms with Gasteiger partial charge in [-0.15, -0.1) is 0 Å². The van der Waals surface area contributed by atoms with Crippen molar-refractivity contribution >= 4 is 22.4 Å². The molecule has 4 fully saturated rings. The summed E-state index contributed by atoms with van der Waals surface area (Å²) in [6.07, 6.45) is 1.24. The fraction of sp³-hybridized carbons (Fsp3) is 0.500. The minimum absolute atomic E-state index is 0.181. The highest BCUT2D eigenvalue weighted by Crippen LogP contribution is 2.32. The molecule has 0 radical (unpaired) electrons. The molecular formula is C30H36N8O. The molecular weight excluding hydrogens is 488 g/mol. The number of anilines is 2. The summed E-state index contributed by atoms with van der Waals surface area (Å²) in [6, 6.07) is 16.1. The van der Waals surface area contributed by atoms with Crippen LogP contribution in [0, 0.1) is 18.3 Å². The molecule has 1 aromatic carbocycles. The summed E-state index contributed by atoms with van der Waals surface area (Å²) in [5, 5.41) is 14.1. The van der Waals surface area contributed by atoms with Crippen LogP contribution in [-0.2, 0) is 6.54 Å². The lowest BCUT2D eigenvalue weighted by atomic mass is 10.0. The highest BCUT2D eigenvalue weighted by atomic mass is 16.1. The van der Waals surface area contributed by atoms with E-state index in [1.54, 1.807) is 6.07 Å². The molecule has 0 amide bonds. The van der Waals surface area contributed by atoms with E-state index in [2.05, 4.69) is 61.9 Å². The zero-order chi connectivity index (χ0) is 26.7.